The number of hydrogen-bond acceptors (Lipinski definition) is 2. The lowest BCUT2D eigenvalue weighted by molar-refractivity contribution is 0.186. The summed E-state index contributed by atoms with van der Waals surface area (Å²) in [5, 5.41) is 3.68. The molecular weight excluding hydrogens is 234 g/mol. The van der Waals surface area contributed by atoms with Gasteiger partial charge < -0.3 is 10.1 Å². The summed E-state index contributed by atoms with van der Waals surface area (Å²) in [5.74, 6) is 1.78. The van der Waals surface area contributed by atoms with Crippen molar-refractivity contribution in [1.29, 1.82) is 0 Å². The van der Waals surface area contributed by atoms with Crippen molar-refractivity contribution in [1.82, 2.24) is 5.32 Å². The highest BCUT2D eigenvalue weighted by atomic mass is 16.5. The normalized spacial score (nSPS) is 18.2. The summed E-state index contributed by atoms with van der Waals surface area (Å²) in [5.41, 5.74) is 0. The monoisotopic (exact) mass is 261 g/mol. The zero-order chi connectivity index (χ0) is 13.3. The number of para-hydroxylation sites is 1. The Morgan fingerprint density at radius 2 is 1.89 bits per heavy atom. The van der Waals surface area contributed by atoms with Gasteiger partial charge >= 0.3 is 0 Å². The van der Waals surface area contributed by atoms with E-state index in [0.717, 1.165) is 24.8 Å². The van der Waals surface area contributed by atoms with Crippen molar-refractivity contribution in [2.45, 2.75) is 51.5 Å². The molecule has 0 aromatic heterocycles. The van der Waals surface area contributed by atoms with Gasteiger partial charge in [0.25, 0.3) is 0 Å². The van der Waals surface area contributed by atoms with E-state index < -0.39 is 0 Å². The molecule has 1 saturated carbocycles. The lowest BCUT2D eigenvalue weighted by Crippen LogP contribution is -2.42. The number of hydrogen-bond donors (Lipinski definition) is 1. The molecule has 0 aliphatic heterocycles. The first-order valence-electron chi connectivity index (χ1n) is 7.81. The van der Waals surface area contributed by atoms with Crippen molar-refractivity contribution in [2.75, 3.05) is 13.2 Å². The predicted octanol–water partition coefficient (Wildman–Crippen LogP) is 4.01. The molecule has 1 aromatic rings. The van der Waals surface area contributed by atoms with Crippen molar-refractivity contribution in [3.8, 4) is 5.75 Å². The highest BCUT2D eigenvalue weighted by Gasteiger charge is 2.23. The third-order valence-electron chi connectivity index (χ3n) is 4.05. The second kappa shape index (κ2) is 8.21. The lowest BCUT2D eigenvalue weighted by Gasteiger charge is -2.31. The first-order valence-corrected chi connectivity index (χ1v) is 7.81. The quantitative estimate of drug-likeness (QED) is 0.800. The molecule has 0 saturated heterocycles. The molecule has 1 aliphatic rings. The Morgan fingerprint density at radius 3 is 2.58 bits per heavy atom. The van der Waals surface area contributed by atoms with E-state index in [4.69, 9.17) is 4.74 Å². The van der Waals surface area contributed by atoms with Crippen LogP contribution in [0.15, 0.2) is 30.3 Å². The van der Waals surface area contributed by atoms with Crippen molar-refractivity contribution < 1.29 is 4.74 Å². The van der Waals surface area contributed by atoms with Crippen molar-refractivity contribution in [3.05, 3.63) is 30.3 Å². The minimum atomic E-state index is 0.514. The zero-order valence-electron chi connectivity index (χ0n) is 12.1. The molecule has 2 heteroatoms. The fraction of sp³-hybridized carbons (Fsp3) is 0.647. The van der Waals surface area contributed by atoms with Crippen LogP contribution in [-0.4, -0.2) is 19.2 Å². The van der Waals surface area contributed by atoms with Crippen molar-refractivity contribution in [3.63, 3.8) is 0 Å². The van der Waals surface area contributed by atoms with Gasteiger partial charge in [-0.25, -0.2) is 0 Å². The summed E-state index contributed by atoms with van der Waals surface area (Å²) in [6.45, 7) is 4.12. The SMILES string of the molecule is CCCNC(COc1ccccc1)C1CCCCC1. The van der Waals surface area contributed by atoms with Crippen LogP contribution in [-0.2, 0) is 0 Å². The van der Waals surface area contributed by atoms with E-state index in [9.17, 15) is 0 Å². The molecular formula is C17H27NO. The number of benzene rings is 1. The Kier molecular flexibility index (Phi) is 6.22. The number of nitrogens with one attached hydrogen (secondary N) is 1. The Hall–Kier alpha value is -1.02. The van der Waals surface area contributed by atoms with Crippen LogP contribution in [0.25, 0.3) is 0 Å². The van der Waals surface area contributed by atoms with Gasteiger partial charge in [-0.05, 0) is 43.9 Å². The first-order chi connectivity index (χ1) is 9.40. The van der Waals surface area contributed by atoms with Gasteiger partial charge in [-0.1, -0.05) is 44.4 Å². The van der Waals surface area contributed by atoms with Crippen LogP contribution < -0.4 is 10.1 Å². The maximum atomic E-state index is 5.96. The standard InChI is InChI=1S/C17H27NO/c1-2-13-18-17(15-9-5-3-6-10-15)14-19-16-11-7-4-8-12-16/h4,7-8,11-12,15,17-18H,2-3,5-6,9-10,13-14H2,1H3. The van der Waals surface area contributed by atoms with E-state index in [1.54, 1.807) is 0 Å². The second-order valence-corrected chi connectivity index (χ2v) is 5.58. The Labute approximate surface area is 117 Å². The fourth-order valence-electron chi connectivity index (χ4n) is 2.93. The van der Waals surface area contributed by atoms with Crippen LogP contribution in [0.2, 0.25) is 0 Å². The van der Waals surface area contributed by atoms with Crippen LogP contribution in [0, 0.1) is 5.92 Å². The molecule has 1 unspecified atom stereocenters. The summed E-state index contributed by atoms with van der Waals surface area (Å²) >= 11 is 0. The zero-order valence-corrected chi connectivity index (χ0v) is 12.1. The van der Waals surface area contributed by atoms with E-state index in [2.05, 4.69) is 12.2 Å². The molecule has 106 valence electrons. The first kappa shape index (κ1) is 14.4. The van der Waals surface area contributed by atoms with Gasteiger partial charge in [0, 0.05) is 6.04 Å². The Morgan fingerprint density at radius 1 is 1.16 bits per heavy atom. The minimum Gasteiger partial charge on any atom is -0.492 e. The molecule has 0 heterocycles. The van der Waals surface area contributed by atoms with Gasteiger partial charge in [0.05, 0.1) is 0 Å². The molecule has 1 N–H and O–H groups in total. The van der Waals surface area contributed by atoms with Gasteiger partial charge in [0.15, 0.2) is 0 Å². The van der Waals surface area contributed by atoms with Gasteiger partial charge in [-0.3, -0.25) is 0 Å². The molecule has 0 amide bonds. The van der Waals surface area contributed by atoms with E-state index in [-0.39, 0.29) is 0 Å². The van der Waals surface area contributed by atoms with Crippen LogP contribution in [0.3, 0.4) is 0 Å². The summed E-state index contributed by atoms with van der Waals surface area (Å²) in [4.78, 5) is 0. The topological polar surface area (TPSA) is 21.3 Å². The summed E-state index contributed by atoms with van der Waals surface area (Å²) < 4.78 is 5.96. The molecule has 0 radical (unpaired) electrons. The highest BCUT2D eigenvalue weighted by Crippen LogP contribution is 2.27. The van der Waals surface area contributed by atoms with E-state index >= 15 is 0 Å². The van der Waals surface area contributed by atoms with Crippen LogP contribution in [0.5, 0.6) is 5.75 Å². The maximum absolute atomic E-state index is 5.96. The van der Waals surface area contributed by atoms with E-state index in [0.29, 0.717) is 6.04 Å². The smallest absolute Gasteiger partial charge is 0.119 e. The molecule has 19 heavy (non-hydrogen) atoms. The molecule has 2 rings (SSSR count). The summed E-state index contributed by atoms with van der Waals surface area (Å²) in [6, 6.07) is 10.7. The minimum absolute atomic E-state index is 0.514. The van der Waals surface area contributed by atoms with Crippen molar-refractivity contribution in [2.24, 2.45) is 5.92 Å². The van der Waals surface area contributed by atoms with E-state index in [1.165, 1.54) is 38.5 Å². The molecule has 1 aliphatic carbocycles. The summed E-state index contributed by atoms with van der Waals surface area (Å²) in [6.07, 6.45) is 8.10. The largest absolute Gasteiger partial charge is 0.492 e. The Bertz CT molecular complexity index is 332. The second-order valence-electron chi connectivity index (χ2n) is 5.58. The molecule has 1 aromatic carbocycles. The van der Waals surface area contributed by atoms with E-state index in [1.807, 2.05) is 30.3 Å². The highest BCUT2D eigenvalue weighted by molar-refractivity contribution is 5.20. The molecule has 0 bridgehead atoms. The third kappa shape index (κ3) is 4.87. The molecule has 2 nitrogen and oxygen atoms in total. The third-order valence-corrected chi connectivity index (χ3v) is 4.05. The van der Waals surface area contributed by atoms with Gasteiger partial charge in [-0.15, -0.1) is 0 Å². The van der Waals surface area contributed by atoms with Gasteiger partial charge in [-0.2, -0.15) is 0 Å². The lowest BCUT2D eigenvalue weighted by atomic mass is 9.84. The number of rotatable bonds is 7. The van der Waals surface area contributed by atoms with Crippen molar-refractivity contribution >= 4 is 0 Å². The summed E-state index contributed by atoms with van der Waals surface area (Å²) in [7, 11) is 0. The Balaban J connectivity index is 1.85. The average Bonchev–Trinajstić information content (AvgIpc) is 2.49. The fourth-order valence-corrected chi connectivity index (χ4v) is 2.93. The van der Waals surface area contributed by atoms with Crippen LogP contribution in [0.4, 0.5) is 0 Å². The number of ether oxygens (including phenoxy) is 1. The average molecular weight is 261 g/mol. The van der Waals surface area contributed by atoms with Gasteiger partial charge in [0.2, 0.25) is 0 Å². The molecule has 0 spiro atoms. The van der Waals surface area contributed by atoms with Crippen LogP contribution >= 0.6 is 0 Å². The maximum Gasteiger partial charge on any atom is 0.119 e. The predicted molar refractivity (Wildman–Crippen MR) is 80.6 cm³/mol. The van der Waals surface area contributed by atoms with Crippen LogP contribution in [0.1, 0.15) is 45.4 Å². The van der Waals surface area contributed by atoms with Gasteiger partial charge in [0.1, 0.15) is 12.4 Å². The molecule has 1 atom stereocenters. The molecule has 1 fully saturated rings.